The van der Waals surface area contributed by atoms with E-state index in [0.29, 0.717) is 12.1 Å². The minimum absolute atomic E-state index is 0. The molecule has 0 fully saturated rings. The SMILES string of the molecule is Cl.Nc1cccc(NC(=O)CCc2ccccc2)c1. The van der Waals surface area contributed by atoms with E-state index < -0.39 is 0 Å². The van der Waals surface area contributed by atoms with Crippen LogP contribution in [0.4, 0.5) is 11.4 Å². The van der Waals surface area contributed by atoms with Crippen molar-refractivity contribution in [2.75, 3.05) is 11.1 Å². The van der Waals surface area contributed by atoms with E-state index >= 15 is 0 Å². The Bertz CT molecular complexity index is 529. The van der Waals surface area contributed by atoms with Gasteiger partial charge >= 0.3 is 0 Å². The first kappa shape index (κ1) is 15.1. The normalized spacial score (nSPS) is 9.47. The molecule has 0 spiro atoms. The minimum Gasteiger partial charge on any atom is -0.399 e. The van der Waals surface area contributed by atoms with Gasteiger partial charge in [0.2, 0.25) is 5.91 Å². The Labute approximate surface area is 119 Å². The predicted molar refractivity (Wildman–Crippen MR) is 81.5 cm³/mol. The smallest absolute Gasteiger partial charge is 0.224 e. The molecule has 4 heteroatoms. The summed E-state index contributed by atoms with van der Waals surface area (Å²) in [5, 5.41) is 2.83. The molecule has 0 aliphatic heterocycles. The van der Waals surface area contributed by atoms with Gasteiger partial charge in [0.05, 0.1) is 0 Å². The quantitative estimate of drug-likeness (QED) is 0.842. The summed E-state index contributed by atoms with van der Waals surface area (Å²) in [6, 6.07) is 17.2. The summed E-state index contributed by atoms with van der Waals surface area (Å²) < 4.78 is 0. The Hall–Kier alpha value is -2.00. The number of hydrogen-bond acceptors (Lipinski definition) is 2. The molecule has 0 radical (unpaired) electrons. The highest BCUT2D eigenvalue weighted by Gasteiger charge is 2.03. The van der Waals surface area contributed by atoms with Gasteiger partial charge in [0.25, 0.3) is 0 Å². The van der Waals surface area contributed by atoms with Gasteiger partial charge in [-0.15, -0.1) is 12.4 Å². The van der Waals surface area contributed by atoms with Crippen LogP contribution in [0.1, 0.15) is 12.0 Å². The van der Waals surface area contributed by atoms with Gasteiger partial charge in [-0.05, 0) is 30.2 Å². The van der Waals surface area contributed by atoms with Gasteiger partial charge < -0.3 is 11.1 Å². The van der Waals surface area contributed by atoms with Crippen molar-refractivity contribution in [1.29, 1.82) is 0 Å². The second-order valence-electron chi connectivity index (χ2n) is 4.16. The van der Waals surface area contributed by atoms with Crippen LogP contribution < -0.4 is 11.1 Å². The largest absolute Gasteiger partial charge is 0.399 e. The highest BCUT2D eigenvalue weighted by atomic mass is 35.5. The lowest BCUT2D eigenvalue weighted by atomic mass is 10.1. The van der Waals surface area contributed by atoms with Crippen LogP contribution in [0.3, 0.4) is 0 Å². The molecular weight excluding hydrogens is 260 g/mol. The molecule has 0 bridgehead atoms. The van der Waals surface area contributed by atoms with Crippen LogP contribution in [0.15, 0.2) is 54.6 Å². The fourth-order valence-electron chi connectivity index (χ4n) is 1.74. The van der Waals surface area contributed by atoms with Crippen molar-refractivity contribution in [2.45, 2.75) is 12.8 Å². The fraction of sp³-hybridized carbons (Fsp3) is 0.133. The molecule has 100 valence electrons. The topological polar surface area (TPSA) is 55.1 Å². The number of benzene rings is 2. The third-order valence-corrected chi connectivity index (χ3v) is 2.65. The van der Waals surface area contributed by atoms with Crippen LogP contribution in [0, 0.1) is 0 Å². The van der Waals surface area contributed by atoms with Crippen molar-refractivity contribution in [3.8, 4) is 0 Å². The standard InChI is InChI=1S/C15H16N2O.ClH/c16-13-7-4-8-14(11-13)17-15(18)10-9-12-5-2-1-3-6-12;/h1-8,11H,9-10,16H2,(H,17,18);1H. The van der Waals surface area contributed by atoms with E-state index in [1.807, 2.05) is 42.5 Å². The van der Waals surface area contributed by atoms with Crippen LogP contribution in [0.5, 0.6) is 0 Å². The van der Waals surface area contributed by atoms with Gasteiger partial charge in [0.15, 0.2) is 0 Å². The van der Waals surface area contributed by atoms with Crippen molar-refractivity contribution in [2.24, 2.45) is 0 Å². The summed E-state index contributed by atoms with van der Waals surface area (Å²) in [5.74, 6) is 0.00412. The molecule has 3 N–H and O–H groups in total. The molecule has 2 aromatic carbocycles. The average molecular weight is 277 g/mol. The molecule has 0 aliphatic rings. The molecule has 19 heavy (non-hydrogen) atoms. The molecule has 3 nitrogen and oxygen atoms in total. The zero-order valence-corrected chi connectivity index (χ0v) is 11.3. The van der Waals surface area contributed by atoms with Crippen molar-refractivity contribution < 1.29 is 4.79 Å². The molecule has 1 amide bonds. The molecule has 0 aromatic heterocycles. The van der Waals surface area contributed by atoms with Gasteiger partial charge in [-0.25, -0.2) is 0 Å². The first-order chi connectivity index (χ1) is 8.74. The molecule has 0 saturated carbocycles. The summed E-state index contributed by atoms with van der Waals surface area (Å²) in [4.78, 5) is 11.7. The lowest BCUT2D eigenvalue weighted by Gasteiger charge is -2.06. The molecule has 0 unspecified atom stereocenters. The highest BCUT2D eigenvalue weighted by molar-refractivity contribution is 5.91. The number of carbonyl (C=O) groups excluding carboxylic acids is 1. The van der Waals surface area contributed by atoms with Crippen LogP contribution in [-0.4, -0.2) is 5.91 Å². The number of rotatable bonds is 4. The Morgan fingerprint density at radius 2 is 1.79 bits per heavy atom. The molecule has 2 aromatic rings. The molecule has 0 atom stereocenters. The number of halogens is 1. The Morgan fingerprint density at radius 3 is 2.47 bits per heavy atom. The van der Waals surface area contributed by atoms with Crippen molar-refractivity contribution in [3.63, 3.8) is 0 Å². The summed E-state index contributed by atoms with van der Waals surface area (Å²) in [6.07, 6.45) is 1.22. The van der Waals surface area contributed by atoms with E-state index in [1.165, 1.54) is 5.56 Å². The summed E-state index contributed by atoms with van der Waals surface area (Å²) in [5.41, 5.74) is 8.21. The number of anilines is 2. The number of nitrogen functional groups attached to an aromatic ring is 1. The molecule has 0 saturated heterocycles. The van der Waals surface area contributed by atoms with Crippen LogP contribution in [-0.2, 0) is 11.2 Å². The lowest BCUT2D eigenvalue weighted by Crippen LogP contribution is -2.12. The zero-order chi connectivity index (χ0) is 12.8. The van der Waals surface area contributed by atoms with Gasteiger partial charge in [-0.3, -0.25) is 4.79 Å². The van der Waals surface area contributed by atoms with Gasteiger partial charge in [0.1, 0.15) is 0 Å². The minimum atomic E-state index is 0. The van der Waals surface area contributed by atoms with Gasteiger partial charge in [0, 0.05) is 17.8 Å². The second-order valence-corrected chi connectivity index (χ2v) is 4.16. The Morgan fingerprint density at radius 1 is 1.05 bits per heavy atom. The van der Waals surface area contributed by atoms with E-state index in [1.54, 1.807) is 12.1 Å². The first-order valence-electron chi connectivity index (χ1n) is 5.93. The van der Waals surface area contributed by atoms with E-state index in [9.17, 15) is 4.79 Å². The van der Waals surface area contributed by atoms with Crippen molar-refractivity contribution in [1.82, 2.24) is 0 Å². The lowest BCUT2D eigenvalue weighted by molar-refractivity contribution is -0.116. The summed E-state index contributed by atoms with van der Waals surface area (Å²) in [7, 11) is 0. The number of amides is 1. The average Bonchev–Trinajstić information content (AvgIpc) is 2.38. The first-order valence-corrected chi connectivity index (χ1v) is 5.93. The maximum atomic E-state index is 11.7. The molecule has 0 aliphatic carbocycles. The predicted octanol–water partition coefficient (Wildman–Crippen LogP) is 3.26. The zero-order valence-electron chi connectivity index (χ0n) is 10.5. The Kier molecular flexibility index (Phi) is 5.90. The van der Waals surface area contributed by atoms with Crippen LogP contribution in [0.2, 0.25) is 0 Å². The van der Waals surface area contributed by atoms with Gasteiger partial charge in [-0.1, -0.05) is 36.4 Å². The summed E-state index contributed by atoms with van der Waals surface area (Å²) >= 11 is 0. The molecule has 0 heterocycles. The maximum Gasteiger partial charge on any atom is 0.224 e. The second kappa shape index (κ2) is 7.44. The van der Waals surface area contributed by atoms with E-state index in [4.69, 9.17) is 5.73 Å². The number of aryl methyl sites for hydroxylation is 1. The summed E-state index contributed by atoms with van der Waals surface area (Å²) in [6.45, 7) is 0. The highest BCUT2D eigenvalue weighted by Crippen LogP contribution is 2.12. The number of hydrogen-bond donors (Lipinski definition) is 2. The van der Waals surface area contributed by atoms with E-state index in [2.05, 4.69) is 5.32 Å². The maximum absolute atomic E-state index is 11.7. The van der Waals surface area contributed by atoms with Crippen LogP contribution in [0.25, 0.3) is 0 Å². The van der Waals surface area contributed by atoms with Crippen molar-refractivity contribution >= 4 is 29.7 Å². The van der Waals surface area contributed by atoms with Gasteiger partial charge in [-0.2, -0.15) is 0 Å². The molecular formula is C15H17ClN2O. The van der Waals surface area contributed by atoms with Crippen LogP contribution >= 0.6 is 12.4 Å². The number of nitrogens with one attached hydrogen (secondary N) is 1. The van der Waals surface area contributed by atoms with Crippen molar-refractivity contribution in [3.05, 3.63) is 60.2 Å². The number of carbonyl (C=O) groups is 1. The van der Waals surface area contributed by atoms with E-state index in [0.717, 1.165) is 12.1 Å². The third-order valence-electron chi connectivity index (χ3n) is 2.65. The number of nitrogens with two attached hydrogens (primary N) is 1. The monoisotopic (exact) mass is 276 g/mol. The Balaban J connectivity index is 0.00000180. The third kappa shape index (κ3) is 5.02. The fourth-order valence-corrected chi connectivity index (χ4v) is 1.74. The molecule has 2 rings (SSSR count). The van der Waals surface area contributed by atoms with E-state index in [-0.39, 0.29) is 18.3 Å².